The lowest BCUT2D eigenvalue weighted by Crippen LogP contribution is -2.09. The molecule has 4 heteroatoms. The van der Waals surface area contributed by atoms with Gasteiger partial charge >= 0.3 is 0 Å². The van der Waals surface area contributed by atoms with Crippen molar-refractivity contribution < 1.29 is 4.74 Å². The second-order valence-corrected chi connectivity index (χ2v) is 4.00. The van der Waals surface area contributed by atoms with E-state index in [2.05, 4.69) is 29.1 Å². The molecule has 1 aromatic heterocycles. The Morgan fingerprint density at radius 1 is 1.27 bits per heavy atom. The molecule has 0 aliphatic carbocycles. The van der Waals surface area contributed by atoms with Gasteiger partial charge in [0.25, 0.3) is 0 Å². The number of rotatable bonds is 4. The molecular weight excluding hydrogens is 190 g/mol. The molecule has 15 heavy (non-hydrogen) atoms. The summed E-state index contributed by atoms with van der Waals surface area (Å²) in [5.74, 6) is 2.74. The highest BCUT2D eigenvalue weighted by atomic mass is 16.5. The summed E-state index contributed by atoms with van der Waals surface area (Å²) >= 11 is 0. The monoisotopic (exact) mass is 209 g/mol. The highest BCUT2D eigenvalue weighted by Crippen LogP contribution is 2.21. The summed E-state index contributed by atoms with van der Waals surface area (Å²) < 4.78 is 5.63. The summed E-state index contributed by atoms with van der Waals surface area (Å²) in [5.41, 5.74) is 0.962. The molecule has 0 aromatic carbocycles. The van der Waals surface area contributed by atoms with Gasteiger partial charge < -0.3 is 10.1 Å². The Morgan fingerprint density at radius 2 is 1.93 bits per heavy atom. The van der Waals surface area contributed by atoms with Gasteiger partial charge in [0.05, 0.1) is 12.2 Å². The van der Waals surface area contributed by atoms with Crippen LogP contribution in [-0.4, -0.2) is 23.6 Å². The van der Waals surface area contributed by atoms with E-state index in [1.807, 2.05) is 20.9 Å². The molecule has 1 aromatic rings. The fourth-order valence-electron chi connectivity index (χ4n) is 1.23. The van der Waals surface area contributed by atoms with Gasteiger partial charge in [-0.25, -0.2) is 4.98 Å². The molecule has 0 radical (unpaired) electrons. The minimum absolute atomic E-state index is 0.498. The molecule has 1 heterocycles. The molecule has 1 N–H and O–H groups in total. The molecule has 0 aliphatic rings. The molecule has 0 unspecified atom stereocenters. The number of anilines is 1. The van der Waals surface area contributed by atoms with E-state index >= 15 is 0 Å². The van der Waals surface area contributed by atoms with Gasteiger partial charge in [0.2, 0.25) is 5.88 Å². The highest BCUT2D eigenvalue weighted by molar-refractivity contribution is 5.47. The Labute approximate surface area is 91.1 Å². The van der Waals surface area contributed by atoms with E-state index in [1.54, 1.807) is 0 Å². The standard InChI is InChI=1S/C11H19N3O/c1-7(2)6-15-11-8(3)10(12-5)13-9(4)14-11/h7H,6H2,1-5H3,(H,12,13,14). The zero-order valence-corrected chi connectivity index (χ0v) is 10.1. The Hall–Kier alpha value is -1.32. The fourth-order valence-corrected chi connectivity index (χ4v) is 1.23. The van der Waals surface area contributed by atoms with Crippen molar-refractivity contribution in [3.63, 3.8) is 0 Å². The van der Waals surface area contributed by atoms with Gasteiger partial charge in [-0.15, -0.1) is 0 Å². The van der Waals surface area contributed by atoms with Crippen molar-refractivity contribution in [2.24, 2.45) is 5.92 Å². The third-order valence-electron chi connectivity index (χ3n) is 2.00. The van der Waals surface area contributed by atoms with Gasteiger partial charge in [-0.05, 0) is 19.8 Å². The second kappa shape index (κ2) is 4.96. The average molecular weight is 209 g/mol. The predicted molar refractivity (Wildman–Crippen MR) is 61.4 cm³/mol. The zero-order chi connectivity index (χ0) is 11.4. The average Bonchev–Trinajstić information content (AvgIpc) is 2.18. The number of aromatic nitrogens is 2. The van der Waals surface area contributed by atoms with E-state index < -0.39 is 0 Å². The van der Waals surface area contributed by atoms with E-state index in [-0.39, 0.29) is 0 Å². The van der Waals surface area contributed by atoms with Crippen LogP contribution in [0.25, 0.3) is 0 Å². The van der Waals surface area contributed by atoms with Crippen molar-refractivity contribution >= 4 is 5.82 Å². The number of nitrogens with one attached hydrogen (secondary N) is 1. The molecular formula is C11H19N3O. The number of hydrogen-bond acceptors (Lipinski definition) is 4. The molecule has 4 nitrogen and oxygen atoms in total. The Morgan fingerprint density at radius 3 is 2.47 bits per heavy atom. The fraction of sp³-hybridized carbons (Fsp3) is 0.636. The number of ether oxygens (including phenoxy) is 1. The molecule has 0 amide bonds. The molecule has 0 spiro atoms. The Balaban J connectivity index is 2.91. The second-order valence-electron chi connectivity index (χ2n) is 4.00. The van der Waals surface area contributed by atoms with Crippen LogP contribution in [0.15, 0.2) is 0 Å². The maximum atomic E-state index is 5.63. The van der Waals surface area contributed by atoms with Crippen molar-refractivity contribution in [2.75, 3.05) is 19.0 Å². The molecule has 0 saturated heterocycles. The van der Waals surface area contributed by atoms with E-state index in [4.69, 9.17) is 4.74 Å². The van der Waals surface area contributed by atoms with Crippen molar-refractivity contribution in [3.8, 4) is 5.88 Å². The Bertz CT molecular complexity index is 337. The lowest BCUT2D eigenvalue weighted by Gasteiger charge is -2.13. The van der Waals surface area contributed by atoms with Crippen LogP contribution in [0.2, 0.25) is 0 Å². The SMILES string of the molecule is CNc1nc(C)nc(OCC(C)C)c1C. The quantitative estimate of drug-likeness (QED) is 0.825. The summed E-state index contributed by atoms with van der Waals surface area (Å²) in [5, 5.41) is 3.03. The predicted octanol–water partition coefficient (Wildman–Crippen LogP) is 2.17. The smallest absolute Gasteiger partial charge is 0.221 e. The van der Waals surface area contributed by atoms with Gasteiger partial charge in [0.15, 0.2) is 0 Å². The largest absolute Gasteiger partial charge is 0.477 e. The van der Waals surface area contributed by atoms with Crippen LogP contribution in [0.4, 0.5) is 5.82 Å². The minimum Gasteiger partial charge on any atom is -0.477 e. The van der Waals surface area contributed by atoms with E-state index in [1.165, 1.54) is 0 Å². The highest BCUT2D eigenvalue weighted by Gasteiger charge is 2.09. The first kappa shape index (κ1) is 11.8. The van der Waals surface area contributed by atoms with Crippen molar-refractivity contribution in [1.82, 2.24) is 9.97 Å². The van der Waals surface area contributed by atoms with Crippen LogP contribution >= 0.6 is 0 Å². The third kappa shape index (κ3) is 3.08. The maximum absolute atomic E-state index is 5.63. The van der Waals surface area contributed by atoms with E-state index in [9.17, 15) is 0 Å². The van der Waals surface area contributed by atoms with Gasteiger partial charge in [-0.3, -0.25) is 0 Å². The van der Waals surface area contributed by atoms with Crippen LogP contribution in [0.5, 0.6) is 5.88 Å². The van der Waals surface area contributed by atoms with Crippen LogP contribution in [0, 0.1) is 19.8 Å². The lowest BCUT2D eigenvalue weighted by atomic mass is 10.2. The van der Waals surface area contributed by atoms with Gasteiger partial charge in [0.1, 0.15) is 11.6 Å². The molecule has 0 fully saturated rings. The first-order chi connectivity index (χ1) is 7.04. The summed E-state index contributed by atoms with van der Waals surface area (Å²) in [4.78, 5) is 8.56. The molecule has 0 bridgehead atoms. The van der Waals surface area contributed by atoms with Crippen LogP contribution in [0.1, 0.15) is 25.2 Å². The van der Waals surface area contributed by atoms with Crippen molar-refractivity contribution in [3.05, 3.63) is 11.4 Å². The summed E-state index contributed by atoms with van der Waals surface area (Å²) in [6, 6.07) is 0. The lowest BCUT2D eigenvalue weighted by molar-refractivity contribution is 0.259. The van der Waals surface area contributed by atoms with Gasteiger partial charge in [0, 0.05) is 7.05 Å². The van der Waals surface area contributed by atoms with Gasteiger partial charge in [-0.2, -0.15) is 4.98 Å². The molecule has 0 saturated carbocycles. The third-order valence-corrected chi connectivity index (χ3v) is 2.00. The summed E-state index contributed by atoms with van der Waals surface area (Å²) in [6.45, 7) is 8.73. The first-order valence-electron chi connectivity index (χ1n) is 5.20. The number of hydrogen-bond donors (Lipinski definition) is 1. The van der Waals surface area contributed by atoms with E-state index in [0.717, 1.165) is 17.2 Å². The zero-order valence-electron chi connectivity index (χ0n) is 10.1. The van der Waals surface area contributed by atoms with Crippen molar-refractivity contribution in [1.29, 1.82) is 0 Å². The summed E-state index contributed by atoms with van der Waals surface area (Å²) in [6.07, 6.45) is 0. The normalized spacial score (nSPS) is 10.5. The number of nitrogens with zero attached hydrogens (tertiary/aromatic N) is 2. The molecule has 0 aliphatic heterocycles. The molecule has 0 atom stereocenters. The topological polar surface area (TPSA) is 47.0 Å². The van der Waals surface area contributed by atoms with Crippen LogP contribution in [0.3, 0.4) is 0 Å². The summed E-state index contributed by atoms with van der Waals surface area (Å²) in [7, 11) is 1.85. The first-order valence-corrected chi connectivity index (χ1v) is 5.20. The maximum Gasteiger partial charge on any atom is 0.221 e. The number of aryl methyl sites for hydroxylation is 1. The van der Waals surface area contributed by atoms with Crippen LogP contribution < -0.4 is 10.1 Å². The molecule has 1 rings (SSSR count). The van der Waals surface area contributed by atoms with Gasteiger partial charge in [-0.1, -0.05) is 13.8 Å². The van der Waals surface area contributed by atoms with Crippen LogP contribution in [-0.2, 0) is 0 Å². The van der Waals surface area contributed by atoms with E-state index in [0.29, 0.717) is 18.4 Å². The minimum atomic E-state index is 0.498. The Kier molecular flexibility index (Phi) is 3.88. The van der Waals surface area contributed by atoms with Crippen molar-refractivity contribution in [2.45, 2.75) is 27.7 Å². The molecule has 84 valence electrons.